The van der Waals surface area contributed by atoms with Crippen LogP contribution in [0.15, 0.2) is 18.2 Å². The first-order chi connectivity index (χ1) is 9.56. The summed E-state index contributed by atoms with van der Waals surface area (Å²) in [5.41, 5.74) is 2.28. The number of carbonyl (C=O) groups is 1. The number of rotatable bonds is 2. The van der Waals surface area contributed by atoms with Gasteiger partial charge in [-0.15, -0.1) is 0 Å². The maximum Gasteiger partial charge on any atom is 0.308 e. The molecule has 0 radical (unpaired) electrons. The van der Waals surface area contributed by atoms with Crippen molar-refractivity contribution in [2.24, 2.45) is 11.8 Å². The van der Waals surface area contributed by atoms with E-state index >= 15 is 0 Å². The van der Waals surface area contributed by atoms with E-state index in [4.69, 9.17) is 0 Å². The van der Waals surface area contributed by atoms with Gasteiger partial charge in [0.25, 0.3) is 0 Å². The number of aryl methyl sites for hydroxylation is 1. The van der Waals surface area contributed by atoms with E-state index in [0.717, 1.165) is 31.4 Å². The molecule has 1 heterocycles. The summed E-state index contributed by atoms with van der Waals surface area (Å²) in [6, 6.07) is 5.22. The van der Waals surface area contributed by atoms with Crippen molar-refractivity contribution in [2.75, 3.05) is 13.1 Å². The summed E-state index contributed by atoms with van der Waals surface area (Å²) in [6.45, 7) is 3.36. The molecule has 108 valence electrons. The number of nitrogens with zero attached hydrogens (tertiary/aromatic N) is 1. The standard InChI is InChI=1S/C16H20FNO2/c1-10-8-18(9-14(10)16(19)20)15-4-2-3-11-5-6-12(17)7-13(11)15/h5-7,10,14-15H,2-4,8-9H2,1H3,(H,19,20)/t10-,14-,15?/m1/s1. The molecule has 3 atom stereocenters. The van der Waals surface area contributed by atoms with Gasteiger partial charge in [-0.2, -0.15) is 0 Å². The summed E-state index contributed by atoms with van der Waals surface area (Å²) >= 11 is 0. The van der Waals surface area contributed by atoms with Crippen LogP contribution >= 0.6 is 0 Å². The monoisotopic (exact) mass is 277 g/mol. The Kier molecular flexibility index (Phi) is 3.50. The molecular formula is C16H20FNO2. The van der Waals surface area contributed by atoms with E-state index in [1.807, 2.05) is 13.0 Å². The van der Waals surface area contributed by atoms with Crippen LogP contribution in [-0.2, 0) is 11.2 Å². The van der Waals surface area contributed by atoms with Crippen molar-refractivity contribution in [1.29, 1.82) is 0 Å². The molecule has 0 aromatic heterocycles. The Morgan fingerprint density at radius 2 is 2.20 bits per heavy atom. The van der Waals surface area contributed by atoms with E-state index in [1.54, 1.807) is 6.07 Å². The summed E-state index contributed by atoms with van der Waals surface area (Å²) in [7, 11) is 0. The number of fused-ring (bicyclic) bond motifs is 1. The molecule has 1 fully saturated rings. The van der Waals surface area contributed by atoms with Crippen LogP contribution in [0.1, 0.15) is 36.9 Å². The molecule has 0 amide bonds. The molecule has 3 rings (SSSR count). The highest BCUT2D eigenvalue weighted by Crippen LogP contribution is 2.38. The van der Waals surface area contributed by atoms with Crippen LogP contribution in [0.4, 0.5) is 4.39 Å². The Morgan fingerprint density at radius 1 is 1.40 bits per heavy atom. The highest BCUT2D eigenvalue weighted by atomic mass is 19.1. The number of carboxylic acids is 1. The maximum atomic E-state index is 13.5. The molecule has 1 aliphatic heterocycles. The molecule has 2 aliphatic rings. The third-order valence-corrected chi connectivity index (χ3v) is 4.79. The van der Waals surface area contributed by atoms with Crippen LogP contribution in [0.3, 0.4) is 0 Å². The van der Waals surface area contributed by atoms with E-state index in [0.29, 0.717) is 6.54 Å². The average molecular weight is 277 g/mol. The molecule has 0 bridgehead atoms. The zero-order valence-electron chi connectivity index (χ0n) is 11.7. The van der Waals surface area contributed by atoms with Crippen molar-refractivity contribution < 1.29 is 14.3 Å². The first kappa shape index (κ1) is 13.6. The van der Waals surface area contributed by atoms with Crippen LogP contribution in [0.5, 0.6) is 0 Å². The zero-order chi connectivity index (χ0) is 14.3. The highest BCUT2D eigenvalue weighted by Gasteiger charge is 2.39. The van der Waals surface area contributed by atoms with Crippen LogP contribution in [-0.4, -0.2) is 29.1 Å². The SMILES string of the molecule is C[C@@H]1CN(C2CCCc3ccc(F)cc32)C[C@H]1C(=O)O. The molecule has 1 unspecified atom stereocenters. The van der Waals surface area contributed by atoms with Gasteiger partial charge in [0.15, 0.2) is 0 Å². The second-order valence-electron chi connectivity index (χ2n) is 6.13. The van der Waals surface area contributed by atoms with E-state index in [-0.39, 0.29) is 23.7 Å². The van der Waals surface area contributed by atoms with Crippen LogP contribution in [0.2, 0.25) is 0 Å². The van der Waals surface area contributed by atoms with Gasteiger partial charge in [-0.25, -0.2) is 4.39 Å². The number of halogens is 1. The lowest BCUT2D eigenvalue weighted by Crippen LogP contribution is -2.30. The predicted octanol–water partition coefficient (Wildman–Crippen LogP) is 2.86. The number of hydrogen-bond acceptors (Lipinski definition) is 2. The predicted molar refractivity (Wildman–Crippen MR) is 73.9 cm³/mol. The normalized spacial score (nSPS) is 30.2. The van der Waals surface area contributed by atoms with Gasteiger partial charge in [-0.1, -0.05) is 13.0 Å². The quantitative estimate of drug-likeness (QED) is 0.903. The van der Waals surface area contributed by atoms with E-state index in [9.17, 15) is 14.3 Å². The number of aliphatic carboxylic acids is 1. The van der Waals surface area contributed by atoms with Gasteiger partial charge in [0.2, 0.25) is 0 Å². The van der Waals surface area contributed by atoms with Crippen molar-refractivity contribution >= 4 is 5.97 Å². The summed E-state index contributed by atoms with van der Waals surface area (Å²) in [5.74, 6) is -1.05. The van der Waals surface area contributed by atoms with E-state index in [2.05, 4.69) is 4.90 Å². The molecule has 1 aromatic rings. The number of carboxylic acid groups (broad SMARTS) is 1. The van der Waals surface area contributed by atoms with Crippen molar-refractivity contribution in [3.05, 3.63) is 35.1 Å². The van der Waals surface area contributed by atoms with Gasteiger partial charge < -0.3 is 5.11 Å². The fourth-order valence-electron chi connectivity index (χ4n) is 3.70. The molecule has 1 aromatic carbocycles. The molecule has 0 spiro atoms. The lowest BCUT2D eigenvalue weighted by Gasteiger charge is -2.33. The minimum absolute atomic E-state index is 0.159. The Labute approximate surface area is 118 Å². The van der Waals surface area contributed by atoms with Gasteiger partial charge in [-0.05, 0) is 48.4 Å². The molecular weight excluding hydrogens is 257 g/mol. The van der Waals surface area contributed by atoms with Crippen LogP contribution in [0, 0.1) is 17.7 Å². The first-order valence-corrected chi connectivity index (χ1v) is 7.31. The summed E-state index contributed by atoms with van der Waals surface area (Å²) < 4.78 is 13.5. The number of likely N-dealkylation sites (tertiary alicyclic amines) is 1. The number of hydrogen-bond donors (Lipinski definition) is 1. The van der Waals surface area contributed by atoms with Crippen molar-refractivity contribution in [2.45, 2.75) is 32.2 Å². The largest absolute Gasteiger partial charge is 0.481 e. The fourth-order valence-corrected chi connectivity index (χ4v) is 3.70. The van der Waals surface area contributed by atoms with Gasteiger partial charge in [0, 0.05) is 19.1 Å². The van der Waals surface area contributed by atoms with Crippen molar-refractivity contribution in [3.8, 4) is 0 Å². The third-order valence-electron chi connectivity index (χ3n) is 4.79. The minimum Gasteiger partial charge on any atom is -0.481 e. The van der Waals surface area contributed by atoms with Crippen LogP contribution < -0.4 is 0 Å². The van der Waals surface area contributed by atoms with E-state index in [1.165, 1.54) is 11.6 Å². The Bertz CT molecular complexity index is 531. The Morgan fingerprint density at radius 3 is 2.90 bits per heavy atom. The van der Waals surface area contributed by atoms with Gasteiger partial charge in [0.05, 0.1) is 5.92 Å². The molecule has 1 N–H and O–H groups in total. The summed E-state index contributed by atoms with van der Waals surface area (Å²) in [6.07, 6.45) is 3.08. The smallest absolute Gasteiger partial charge is 0.308 e. The van der Waals surface area contributed by atoms with Gasteiger partial charge in [0.1, 0.15) is 5.82 Å². The molecule has 4 heteroatoms. The fraction of sp³-hybridized carbons (Fsp3) is 0.562. The van der Waals surface area contributed by atoms with Crippen LogP contribution in [0.25, 0.3) is 0 Å². The van der Waals surface area contributed by atoms with Crippen molar-refractivity contribution in [1.82, 2.24) is 4.90 Å². The zero-order valence-corrected chi connectivity index (χ0v) is 11.7. The minimum atomic E-state index is -0.713. The molecule has 1 aliphatic carbocycles. The molecule has 1 saturated heterocycles. The summed E-state index contributed by atoms with van der Waals surface area (Å²) in [4.78, 5) is 13.5. The maximum absolute atomic E-state index is 13.5. The topological polar surface area (TPSA) is 40.5 Å². The average Bonchev–Trinajstić information content (AvgIpc) is 2.80. The second kappa shape index (κ2) is 5.17. The van der Waals surface area contributed by atoms with Crippen molar-refractivity contribution in [3.63, 3.8) is 0 Å². The van der Waals surface area contributed by atoms with Gasteiger partial charge in [-0.3, -0.25) is 9.69 Å². The third kappa shape index (κ3) is 2.33. The Hall–Kier alpha value is -1.42. The molecule has 0 saturated carbocycles. The molecule has 20 heavy (non-hydrogen) atoms. The number of benzene rings is 1. The molecule has 3 nitrogen and oxygen atoms in total. The van der Waals surface area contributed by atoms with Gasteiger partial charge >= 0.3 is 5.97 Å². The second-order valence-corrected chi connectivity index (χ2v) is 6.13. The first-order valence-electron chi connectivity index (χ1n) is 7.31. The lowest BCUT2D eigenvalue weighted by molar-refractivity contribution is -0.142. The van der Waals surface area contributed by atoms with E-state index < -0.39 is 5.97 Å². The summed E-state index contributed by atoms with van der Waals surface area (Å²) in [5, 5.41) is 9.25. The lowest BCUT2D eigenvalue weighted by atomic mass is 9.87. The highest BCUT2D eigenvalue weighted by molar-refractivity contribution is 5.71. The Balaban J connectivity index is 1.86.